The highest BCUT2D eigenvalue weighted by Crippen LogP contribution is 2.11. The Morgan fingerprint density at radius 1 is 1.40 bits per heavy atom. The molecule has 1 aromatic rings. The van der Waals surface area contributed by atoms with Crippen LogP contribution in [-0.4, -0.2) is 19.1 Å². The van der Waals surface area contributed by atoms with Crippen molar-refractivity contribution in [2.45, 2.75) is 19.4 Å². The average Bonchev–Trinajstić information content (AvgIpc) is 2.19. The summed E-state index contributed by atoms with van der Waals surface area (Å²) >= 11 is 0. The van der Waals surface area contributed by atoms with Crippen LogP contribution in [0, 0.1) is 11.6 Å². The lowest BCUT2D eigenvalue weighted by Crippen LogP contribution is -2.32. The maximum atomic E-state index is 13.2. The minimum atomic E-state index is -0.543. The standard InChI is InChI=1S/C11H16F2N2/c1-8(15-5-4-14)6-9-2-3-10(12)7-11(9)13/h2-3,7-8,15H,4-6,14H2,1H3. The molecule has 2 nitrogen and oxygen atoms in total. The third-order valence-corrected chi connectivity index (χ3v) is 2.18. The molecule has 0 aliphatic rings. The zero-order valence-electron chi connectivity index (χ0n) is 8.76. The van der Waals surface area contributed by atoms with Gasteiger partial charge in [-0.15, -0.1) is 0 Å². The molecule has 0 bridgehead atoms. The summed E-state index contributed by atoms with van der Waals surface area (Å²) in [5, 5.41) is 3.14. The topological polar surface area (TPSA) is 38.0 Å². The number of hydrogen-bond donors (Lipinski definition) is 2. The summed E-state index contributed by atoms with van der Waals surface area (Å²) in [5.74, 6) is -1.03. The summed E-state index contributed by atoms with van der Waals surface area (Å²) in [6, 6.07) is 3.79. The van der Waals surface area contributed by atoms with Gasteiger partial charge in [-0.2, -0.15) is 0 Å². The molecule has 0 aromatic heterocycles. The minimum Gasteiger partial charge on any atom is -0.329 e. The first-order valence-electron chi connectivity index (χ1n) is 5.01. The van der Waals surface area contributed by atoms with Crippen LogP contribution in [0.15, 0.2) is 18.2 Å². The van der Waals surface area contributed by atoms with Crippen LogP contribution >= 0.6 is 0 Å². The van der Waals surface area contributed by atoms with E-state index in [4.69, 9.17) is 5.73 Å². The van der Waals surface area contributed by atoms with E-state index < -0.39 is 11.6 Å². The molecule has 1 rings (SSSR count). The van der Waals surface area contributed by atoms with Crippen molar-refractivity contribution >= 4 is 0 Å². The molecule has 3 N–H and O–H groups in total. The molecule has 0 fully saturated rings. The fourth-order valence-electron chi connectivity index (χ4n) is 1.42. The number of rotatable bonds is 5. The van der Waals surface area contributed by atoms with Gasteiger partial charge in [0, 0.05) is 25.2 Å². The van der Waals surface area contributed by atoms with Gasteiger partial charge >= 0.3 is 0 Å². The monoisotopic (exact) mass is 214 g/mol. The molecular weight excluding hydrogens is 198 g/mol. The first-order valence-corrected chi connectivity index (χ1v) is 5.01. The van der Waals surface area contributed by atoms with Crippen molar-refractivity contribution < 1.29 is 8.78 Å². The van der Waals surface area contributed by atoms with Crippen LogP contribution in [0.3, 0.4) is 0 Å². The zero-order valence-corrected chi connectivity index (χ0v) is 8.76. The molecule has 1 unspecified atom stereocenters. The second kappa shape index (κ2) is 5.78. The molecule has 0 radical (unpaired) electrons. The molecule has 0 aliphatic carbocycles. The Labute approximate surface area is 88.5 Å². The van der Waals surface area contributed by atoms with Crippen LogP contribution < -0.4 is 11.1 Å². The van der Waals surface area contributed by atoms with Crippen LogP contribution in [0.25, 0.3) is 0 Å². The van der Waals surface area contributed by atoms with Crippen LogP contribution in [0.5, 0.6) is 0 Å². The van der Waals surface area contributed by atoms with Crippen LogP contribution in [0.4, 0.5) is 8.78 Å². The Hall–Kier alpha value is -1.00. The van der Waals surface area contributed by atoms with E-state index in [1.165, 1.54) is 12.1 Å². The normalized spacial score (nSPS) is 12.8. The van der Waals surface area contributed by atoms with E-state index in [-0.39, 0.29) is 6.04 Å². The van der Waals surface area contributed by atoms with Crippen molar-refractivity contribution in [3.05, 3.63) is 35.4 Å². The predicted molar refractivity (Wildman–Crippen MR) is 56.6 cm³/mol. The Morgan fingerprint density at radius 3 is 2.73 bits per heavy atom. The maximum absolute atomic E-state index is 13.2. The molecule has 0 saturated heterocycles. The quantitative estimate of drug-likeness (QED) is 0.778. The van der Waals surface area contributed by atoms with E-state index in [0.717, 1.165) is 6.07 Å². The van der Waals surface area contributed by atoms with E-state index in [0.29, 0.717) is 25.1 Å². The lowest BCUT2D eigenvalue weighted by Gasteiger charge is -2.13. The van der Waals surface area contributed by atoms with Crippen molar-refractivity contribution in [2.75, 3.05) is 13.1 Å². The molecule has 84 valence electrons. The van der Waals surface area contributed by atoms with Gasteiger partial charge in [-0.25, -0.2) is 8.78 Å². The number of nitrogens with one attached hydrogen (secondary N) is 1. The second-order valence-electron chi connectivity index (χ2n) is 3.58. The molecule has 1 aromatic carbocycles. The van der Waals surface area contributed by atoms with Gasteiger partial charge in [-0.1, -0.05) is 6.07 Å². The van der Waals surface area contributed by atoms with Gasteiger partial charge in [0.25, 0.3) is 0 Å². The third kappa shape index (κ3) is 3.93. The predicted octanol–water partition coefficient (Wildman–Crippen LogP) is 1.44. The van der Waals surface area contributed by atoms with Gasteiger partial charge in [0.2, 0.25) is 0 Å². The SMILES string of the molecule is CC(Cc1ccc(F)cc1F)NCCN. The number of hydrogen-bond acceptors (Lipinski definition) is 2. The van der Waals surface area contributed by atoms with Gasteiger partial charge in [0.15, 0.2) is 0 Å². The summed E-state index contributed by atoms with van der Waals surface area (Å²) in [4.78, 5) is 0. The highest BCUT2D eigenvalue weighted by molar-refractivity contribution is 5.19. The Kier molecular flexibility index (Phi) is 4.65. The molecular formula is C11H16F2N2. The van der Waals surface area contributed by atoms with Crippen molar-refractivity contribution in [1.82, 2.24) is 5.32 Å². The summed E-state index contributed by atoms with van der Waals surface area (Å²) in [6.45, 7) is 3.19. The van der Waals surface area contributed by atoms with Gasteiger partial charge in [-0.3, -0.25) is 0 Å². The highest BCUT2D eigenvalue weighted by atomic mass is 19.1. The molecule has 0 spiro atoms. The number of nitrogens with two attached hydrogens (primary N) is 1. The molecule has 1 atom stereocenters. The van der Waals surface area contributed by atoms with Crippen molar-refractivity contribution in [3.63, 3.8) is 0 Å². The fourth-order valence-corrected chi connectivity index (χ4v) is 1.42. The van der Waals surface area contributed by atoms with Crippen molar-refractivity contribution in [1.29, 1.82) is 0 Å². The first-order chi connectivity index (χ1) is 7.13. The van der Waals surface area contributed by atoms with E-state index in [1.807, 2.05) is 6.92 Å². The van der Waals surface area contributed by atoms with E-state index in [9.17, 15) is 8.78 Å². The van der Waals surface area contributed by atoms with Gasteiger partial charge in [-0.05, 0) is 25.0 Å². The molecule has 0 amide bonds. The van der Waals surface area contributed by atoms with E-state index >= 15 is 0 Å². The van der Waals surface area contributed by atoms with Gasteiger partial charge in [0.05, 0.1) is 0 Å². The largest absolute Gasteiger partial charge is 0.329 e. The second-order valence-corrected chi connectivity index (χ2v) is 3.58. The Bertz CT molecular complexity index is 315. The molecule has 0 heterocycles. The molecule has 0 saturated carbocycles. The van der Waals surface area contributed by atoms with Crippen molar-refractivity contribution in [2.24, 2.45) is 5.73 Å². The first kappa shape index (κ1) is 12.1. The minimum absolute atomic E-state index is 0.133. The fraction of sp³-hybridized carbons (Fsp3) is 0.455. The lowest BCUT2D eigenvalue weighted by molar-refractivity contribution is 0.525. The number of halogens is 2. The molecule has 4 heteroatoms. The highest BCUT2D eigenvalue weighted by Gasteiger charge is 2.07. The Morgan fingerprint density at radius 2 is 2.13 bits per heavy atom. The van der Waals surface area contributed by atoms with Gasteiger partial charge < -0.3 is 11.1 Å². The van der Waals surface area contributed by atoms with E-state index in [2.05, 4.69) is 5.32 Å². The zero-order chi connectivity index (χ0) is 11.3. The van der Waals surface area contributed by atoms with Crippen molar-refractivity contribution in [3.8, 4) is 0 Å². The van der Waals surface area contributed by atoms with E-state index in [1.54, 1.807) is 0 Å². The Balaban J connectivity index is 2.56. The summed E-state index contributed by atoms with van der Waals surface area (Å²) in [6.07, 6.45) is 0.534. The summed E-state index contributed by atoms with van der Waals surface area (Å²) < 4.78 is 25.9. The number of benzene rings is 1. The maximum Gasteiger partial charge on any atom is 0.129 e. The van der Waals surface area contributed by atoms with Crippen LogP contribution in [0.1, 0.15) is 12.5 Å². The lowest BCUT2D eigenvalue weighted by atomic mass is 10.1. The smallest absolute Gasteiger partial charge is 0.129 e. The molecule has 0 aliphatic heterocycles. The third-order valence-electron chi connectivity index (χ3n) is 2.18. The summed E-state index contributed by atoms with van der Waals surface area (Å²) in [7, 11) is 0. The van der Waals surface area contributed by atoms with Crippen LogP contribution in [-0.2, 0) is 6.42 Å². The van der Waals surface area contributed by atoms with Crippen LogP contribution in [0.2, 0.25) is 0 Å². The van der Waals surface area contributed by atoms with Gasteiger partial charge in [0.1, 0.15) is 11.6 Å². The molecule has 15 heavy (non-hydrogen) atoms. The summed E-state index contributed by atoms with van der Waals surface area (Å²) in [5.41, 5.74) is 5.86. The average molecular weight is 214 g/mol.